The lowest BCUT2D eigenvalue weighted by Gasteiger charge is -2.09. The number of nitrogens with zero attached hydrogens (tertiary/aromatic N) is 1. The number of aromatic nitrogens is 2. The average molecular weight is 365 g/mol. The molecule has 5 rings (SSSR count). The fourth-order valence-corrected chi connectivity index (χ4v) is 3.70. The summed E-state index contributed by atoms with van der Waals surface area (Å²) < 4.78 is 7.13. The summed E-state index contributed by atoms with van der Waals surface area (Å²) in [5.74, 6) is 1.67. The molecule has 2 aromatic carbocycles. The van der Waals surface area contributed by atoms with Crippen LogP contribution in [0.2, 0.25) is 0 Å². The van der Waals surface area contributed by atoms with Crippen LogP contribution in [-0.4, -0.2) is 9.97 Å². The van der Waals surface area contributed by atoms with Crippen molar-refractivity contribution >= 4 is 26.8 Å². The van der Waals surface area contributed by atoms with Gasteiger partial charge in [0.05, 0.1) is 5.69 Å². The molecule has 2 heterocycles. The van der Waals surface area contributed by atoms with Gasteiger partial charge in [0.25, 0.3) is 0 Å². The molecule has 1 aliphatic rings. The molecular formula is C19H13BrN2O. The monoisotopic (exact) mass is 364 g/mol. The van der Waals surface area contributed by atoms with Crippen molar-refractivity contribution in [2.24, 2.45) is 0 Å². The first-order valence-electron chi connectivity index (χ1n) is 7.65. The maximum absolute atomic E-state index is 6.03. The van der Waals surface area contributed by atoms with E-state index in [0.29, 0.717) is 5.89 Å². The molecular weight excluding hydrogens is 352 g/mol. The smallest absolute Gasteiger partial charge is 0.226 e. The lowest BCUT2D eigenvalue weighted by atomic mass is 9.97. The van der Waals surface area contributed by atoms with Gasteiger partial charge in [-0.05, 0) is 42.3 Å². The summed E-state index contributed by atoms with van der Waals surface area (Å²) in [5.41, 5.74) is 5.56. The minimum absolute atomic E-state index is 0.697. The van der Waals surface area contributed by atoms with Crippen molar-refractivity contribution in [3.8, 4) is 22.8 Å². The van der Waals surface area contributed by atoms with Crippen LogP contribution in [0, 0.1) is 0 Å². The van der Waals surface area contributed by atoms with E-state index in [2.05, 4.69) is 39.1 Å². The highest BCUT2D eigenvalue weighted by Crippen LogP contribution is 2.39. The maximum Gasteiger partial charge on any atom is 0.226 e. The Morgan fingerprint density at radius 2 is 1.91 bits per heavy atom. The number of aryl methyl sites for hydroxylation is 2. The molecule has 0 fully saturated rings. The van der Waals surface area contributed by atoms with Crippen LogP contribution in [0.15, 0.2) is 57.4 Å². The minimum atomic E-state index is 0.697. The number of aromatic amines is 1. The largest absolute Gasteiger partial charge is 0.440 e. The topological polar surface area (TPSA) is 41.8 Å². The molecule has 2 aromatic heterocycles. The number of oxazole rings is 1. The van der Waals surface area contributed by atoms with E-state index < -0.39 is 0 Å². The van der Waals surface area contributed by atoms with Crippen molar-refractivity contribution in [1.29, 1.82) is 0 Å². The highest BCUT2D eigenvalue weighted by Gasteiger charge is 2.26. The van der Waals surface area contributed by atoms with Gasteiger partial charge in [-0.25, -0.2) is 4.98 Å². The Labute approximate surface area is 141 Å². The Morgan fingerprint density at radius 3 is 2.78 bits per heavy atom. The van der Waals surface area contributed by atoms with Crippen molar-refractivity contribution in [3.05, 3.63) is 64.3 Å². The van der Waals surface area contributed by atoms with Crippen LogP contribution in [0.4, 0.5) is 0 Å². The molecule has 0 radical (unpaired) electrons. The van der Waals surface area contributed by atoms with E-state index in [1.807, 2.05) is 30.3 Å². The predicted octanol–water partition coefficient (Wildman–Crippen LogP) is 5.35. The second-order valence-corrected chi connectivity index (χ2v) is 6.74. The van der Waals surface area contributed by atoms with E-state index in [9.17, 15) is 0 Å². The van der Waals surface area contributed by atoms with Crippen LogP contribution in [0.25, 0.3) is 33.7 Å². The molecule has 3 nitrogen and oxygen atoms in total. The van der Waals surface area contributed by atoms with E-state index in [0.717, 1.165) is 45.5 Å². The second kappa shape index (κ2) is 4.83. The molecule has 4 aromatic rings. The first kappa shape index (κ1) is 13.1. The van der Waals surface area contributed by atoms with Gasteiger partial charge >= 0.3 is 0 Å². The first-order chi connectivity index (χ1) is 11.3. The van der Waals surface area contributed by atoms with E-state index >= 15 is 0 Å². The molecule has 1 aliphatic carbocycles. The Hall–Kier alpha value is -2.33. The number of nitrogens with one attached hydrogen (secondary N) is 1. The molecule has 0 spiro atoms. The molecule has 0 aliphatic heterocycles. The molecule has 4 heteroatoms. The summed E-state index contributed by atoms with van der Waals surface area (Å²) in [6.07, 6.45) is 1.86. The Kier molecular flexibility index (Phi) is 2.76. The fraction of sp³-hybridized carbons (Fsp3) is 0.105. The summed E-state index contributed by atoms with van der Waals surface area (Å²) in [7, 11) is 0. The molecule has 0 saturated carbocycles. The van der Waals surface area contributed by atoms with Gasteiger partial charge in [-0.1, -0.05) is 34.1 Å². The fourth-order valence-electron chi connectivity index (χ4n) is 3.34. The molecule has 0 atom stereocenters. The summed E-state index contributed by atoms with van der Waals surface area (Å²) >= 11 is 3.56. The van der Waals surface area contributed by atoms with Crippen LogP contribution < -0.4 is 0 Å². The number of hydrogen-bond acceptors (Lipinski definition) is 2. The third-order valence-corrected chi connectivity index (χ3v) is 4.92. The normalized spacial score (nSPS) is 13.1. The standard InChI is InChI=1S/C19H13BrN2O/c20-12-6-8-15-14(10-12)13-7-9-16-18(17(13)21-15)22-19(23-16)11-4-2-1-3-5-11/h1-6,8,10,21H,7,9H2. The van der Waals surface area contributed by atoms with Gasteiger partial charge in [-0.3, -0.25) is 0 Å². The van der Waals surface area contributed by atoms with Crippen LogP contribution in [0.1, 0.15) is 11.3 Å². The highest BCUT2D eigenvalue weighted by molar-refractivity contribution is 9.10. The van der Waals surface area contributed by atoms with Gasteiger partial charge in [0, 0.05) is 27.4 Å². The zero-order valence-corrected chi connectivity index (χ0v) is 13.9. The van der Waals surface area contributed by atoms with Crippen molar-refractivity contribution in [2.45, 2.75) is 12.8 Å². The van der Waals surface area contributed by atoms with Crippen LogP contribution in [0.5, 0.6) is 0 Å². The predicted molar refractivity (Wildman–Crippen MR) is 94.3 cm³/mol. The first-order valence-corrected chi connectivity index (χ1v) is 8.44. The summed E-state index contributed by atoms with van der Waals surface area (Å²) in [5, 5.41) is 1.27. The number of H-pyrrole nitrogens is 1. The molecule has 0 unspecified atom stereocenters. The van der Waals surface area contributed by atoms with Gasteiger partial charge < -0.3 is 9.40 Å². The molecule has 0 saturated heterocycles. The molecule has 112 valence electrons. The quantitative estimate of drug-likeness (QED) is 0.494. The van der Waals surface area contributed by atoms with Crippen LogP contribution in [0.3, 0.4) is 0 Å². The average Bonchev–Trinajstić information content (AvgIpc) is 3.16. The lowest BCUT2D eigenvalue weighted by Crippen LogP contribution is -2.00. The Bertz CT molecular complexity index is 1030. The van der Waals surface area contributed by atoms with E-state index in [-0.39, 0.29) is 0 Å². The third-order valence-electron chi connectivity index (χ3n) is 4.43. The van der Waals surface area contributed by atoms with Gasteiger partial charge in [0.2, 0.25) is 5.89 Å². The SMILES string of the molecule is Brc1ccc2[nH]c3c(c2c1)CCc1oc(-c2ccccc2)nc1-3. The van der Waals surface area contributed by atoms with Crippen molar-refractivity contribution in [1.82, 2.24) is 9.97 Å². The Balaban J connectivity index is 1.72. The molecule has 0 amide bonds. The summed E-state index contributed by atoms with van der Waals surface area (Å²) in [4.78, 5) is 8.29. The number of fused-ring (bicyclic) bond motifs is 5. The highest BCUT2D eigenvalue weighted by atomic mass is 79.9. The zero-order chi connectivity index (χ0) is 15.4. The Morgan fingerprint density at radius 1 is 1.04 bits per heavy atom. The summed E-state index contributed by atoms with van der Waals surface area (Å²) in [6, 6.07) is 16.4. The van der Waals surface area contributed by atoms with Crippen molar-refractivity contribution in [3.63, 3.8) is 0 Å². The second-order valence-electron chi connectivity index (χ2n) is 5.83. The number of rotatable bonds is 1. The van der Waals surface area contributed by atoms with Crippen LogP contribution in [-0.2, 0) is 12.8 Å². The zero-order valence-electron chi connectivity index (χ0n) is 12.3. The lowest BCUT2D eigenvalue weighted by molar-refractivity contribution is 0.516. The number of hydrogen-bond donors (Lipinski definition) is 1. The molecule has 23 heavy (non-hydrogen) atoms. The summed E-state index contributed by atoms with van der Waals surface area (Å²) in [6.45, 7) is 0. The van der Waals surface area contributed by atoms with E-state index in [4.69, 9.17) is 9.40 Å². The molecule has 0 bridgehead atoms. The van der Waals surface area contributed by atoms with E-state index in [1.54, 1.807) is 0 Å². The molecule has 1 N–H and O–H groups in total. The van der Waals surface area contributed by atoms with E-state index in [1.165, 1.54) is 10.9 Å². The number of halogens is 1. The van der Waals surface area contributed by atoms with Crippen LogP contribution >= 0.6 is 15.9 Å². The van der Waals surface area contributed by atoms with Gasteiger partial charge in [-0.15, -0.1) is 0 Å². The van der Waals surface area contributed by atoms with Crippen molar-refractivity contribution < 1.29 is 4.42 Å². The third kappa shape index (κ3) is 1.98. The van der Waals surface area contributed by atoms with Gasteiger partial charge in [-0.2, -0.15) is 0 Å². The number of benzene rings is 2. The van der Waals surface area contributed by atoms with Crippen molar-refractivity contribution in [2.75, 3.05) is 0 Å². The van der Waals surface area contributed by atoms with Gasteiger partial charge in [0.1, 0.15) is 11.5 Å². The maximum atomic E-state index is 6.03. The minimum Gasteiger partial charge on any atom is -0.440 e. The van der Waals surface area contributed by atoms with Gasteiger partial charge in [0.15, 0.2) is 0 Å².